The summed E-state index contributed by atoms with van der Waals surface area (Å²) in [5, 5.41) is 5.97. The molecule has 0 radical (unpaired) electrons. The summed E-state index contributed by atoms with van der Waals surface area (Å²) >= 11 is 0. The Morgan fingerprint density at radius 1 is 0.903 bits per heavy atom. The monoisotopic (exact) mass is 427 g/mol. The molecule has 0 aliphatic carbocycles. The number of anilines is 2. The lowest BCUT2D eigenvalue weighted by atomic mass is 10.1. The third kappa shape index (κ3) is 3.39. The lowest BCUT2D eigenvalue weighted by Crippen LogP contribution is -2.47. The van der Waals surface area contributed by atoms with E-state index in [9.17, 15) is 0 Å². The molecule has 31 heavy (non-hydrogen) atoms. The maximum absolute atomic E-state index is 6.20. The van der Waals surface area contributed by atoms with E-state index >= 15 is 0 Å². The first-order valence-electron chi connectivity index (χ1n) is 12.0. The molecule has 8 nitrogen and oxygen atoms in total. The largest absolute Gasteiger partial charge is 0.381 e. The summed E-state index contributed by atoms with van der Waals surface area (Å²) in [6.45, 7) is 4.04. The van der Waals surface area contributed by atoms with Gasteiger partial charge in [0.25, 0.3) is 0 Å². The molecule has 0 saturated carbocycles. The summed E-state index contributed by atoms with van der Waals surface area (Å²) in [5.41, 5.74) is 3.41. The standard InChI is InChI=1S/C23H33N5O3/c1-26(21-4-2-3-9-31-21)22-19-12-25-28(16-7-10-29-11-8-16)23(19)24-13-20(22)27-17-5-6-18(27)15-30-14-17/h12-13,16-18,21H,2-11,14-15H2,1H3. The van der Waals surface area contributed by atoms with Gasteiger partial charge in [-0.25, -0.2) is 9.67 Å². The van der Waals surface area contributed by atoms with Crippen LogP contribution >= 0.6 is 0 Å². The normalized spacial score (nSPS) is 29.6. The Kier molecular flexibility index (Phi) is 5.24. The molecule has 0 amide bonds. The maximum atomic E-state index is 6.20. The van der Waals surface area contributed by atoms with Crippen LogP contribution in [-0.2, 0) is 14.2 Å². The molecule has 4 fully saturated rings. The summed E-state index contributed by atoms with van der Waals surface area (Å²) < 4.78 is 19.8. The molecule has 2 aromatic heterocycles. The van der Waals surface area contributed by atoms with Crippen molar-refractivity contribution in [2.75, 3.05) is 49.9 Å². The van der Waals surface area contributed by atoms with Crippen LogP contribution in [0.25, 0.3) is 11.0 Å². The first kappa shape index (κ1) is 19.8. The van der Waals surface area contributed by atoms with Crippen LogP contribution in [0.5, 0.6) is 0 Å². The van der Waals surface area contributed by atoms with Gasteiger partial charge < -0.3 is 24.0 Å². The molecule has 0 spiro atoms. The van der Waals surface area contributed by atoms with Crippen molar-refractivity contribution in [3.05, 3.63) is 12.4 Å². The number of nitrogens with zero attached hydrogens (tertiary/aromatic N) is 5. The van der Waals surface area contributed by atoms with Crippen LogP contribution in [0, 0.1) is 0 Å². The van der Waals surface area contributed by atoms with Crippen LogP contribution < -0.4 is 9.80 Å². The van der Waals surface area contributed by atoms with Crippen molar-refractivity contribution in [2.24, 2.45) is 0 Å². The maximum Gasteiger partial charge on any atom is 0.160 e. The minimum Gasteiger partial charge on any atom is -0.381 e. The predicted octanol–water partition coefficient (Wildman–Crippen LogP) is 3.11. The summed E-state index contributed by atoms with van der Waals surface area (Å²) in [6.07, 6.45) is 12.0. The molecular weight excluding hydrogens is 394 g/mol. The molecule has 2 aromatic rings. The Labute approximate surface area is 183 Å². The van der Waals surface area contributed by atoms with Gasteiger partial charge in [0.1, 0.15) is 6.23 Å². The Morgan fingerprint density at radius 2 is 1.71 bits per heavy atom. The number of pyridine rings is 1. The van der Waals surface area contributed by atoms with Crippen molar-refractivity contribution < 1.29 is 14.2 Å². The van der Waals surface area contributed by atoms with E-state index in [1.165, 1.54) is 30.6 Å². The molecule has 168 valence electrons. The molecule has 4 aliphatic rings. The number of ether oxygens (including phenoxy) is 3. The second-order valence-corrected chi connectivity index (χ2v) is 9.42. The van der Waals surface area contributed by atoms with Gasteiger partial charge in [-0.1, -0.05) is 0 Å². The highest BCUT2D eigenvalue weighted by molar-refractivity contribution is 5.97. The predicted molar refractivity (Wildman–Crippen MR) is 119 cm³/mol. The Balaban J connectivity index is 1.46. The molecule has 0 aromatic carbocycles. The SMILES string of the molecule is CN(c1c(N2C3CCC2COC3)cnc2c1cnn2C1CCOCC1)C1CCCCO1. The minimum atomic E-state index is 0.100. The van der Waals surface area contributed by atoms with Crippen LogP contribution in [0.3, 0.4) is 0 Å². The zero-order valence-electron chi connectivity index (χ0n) is 18.4. The van der Waals surface area contributed by atoms with Crippen molar-refractivity contribution in [1.82, 2.24) is 14.8 Å². The second-order valence-electron chi connectivity index (χ2n) is 9.42. The van der Waals surface area contributed by atoms with E-state index in [4.69, 9.17) is 24.3 Å². The van der Waals surface area contributed by atoms with Crippen molar-refractivity contribution in [3.8, 4) is 0 Å². The molecule has 8 heteroatoms. The first-order chi connectivity index (χ1) is 15.3. The average molecular weight is 428 g/mol. The van der Waals surface area contributed by atoms with Crippen LogP contribution in [-0.4, -0.2) is 73.2 Å². The first-order valence-corrected chi connectivity index (χ1v) is 12.0. The summed E-state index contributed by atoms with van der Waals surface area (Å²) in [4.78, 5) is 9.92. The highest BCUT2D eigenvalue weighted by Crippen LogP contribution is 2.43. The molecule has 6 rings (SSSR count). The number of hydrogen-bond donors (Lipinski definition) is 0. The molecule has 0 N–H and O–H groups in total. The fourth-order valence-electron chi connectivity index (χ4n) is 5.92. The molecule has 6 heterocycles. The Hall–Kier alpha value is -1.90. The zero-order valence-corrected chi connectivity index (χ0v) is 18.4. The smallest absolute Gasteiger partial charge is 0.160 e. The van der Waals surface area contributed by atoms with E-state index in [1.807, 2.05) is 6.20 Å². The van der Waals surface area contributed by atoms with Gasteiger partial charge in [0.05, 0.1) is 60.5 Å². The summed E-state index contributed by atoms with van der Waals surface area (Å²) in [6, 6.07) is 1.22. The van der Waals surface area contributed by atoms with Gasteiger partial charge in [-0.05, 0) is 44.9 Å². The Morgan fingerprint density at radius 3 is 2.45 bits per heavy atom. The van der Waals surface area contributed by atoms with Crippen LogP contribution in [0.1, 0.15) is 51.0 Å². The fraction of sp³-hybridized carbons (Fsp3) is 0.739. The van der Waals surface area contributed by atoms with Gasteiger partial charge in [-0.15, -0.1) is 0 Å². The number of rotatable bonds is 4. The highest BCUT2D eigenvalue weighted by Gasteiger charge is 2.40. The van der Waals surface area contributed by atoms with Crippen molar-refractivity contribution in [2.45, 2.75) is 69.3 Å². The molecule has 2 bridgehead atoms. The van der Waals surface area contributed by atoms with Gasteiger partial charge in [0.2, 0.25) is 0 Å². The van der Waals surface area contributed by atoms with E-state index in [1.54, 1.807) is 0 Å². The van der Waals surface area contributed by atoms with Gasteiger partial charge in [-0.2, -0.15) is 5.10 Å². The van der Waals surface area contributed by atoms with Gasteiger partial charge in [0, 0.05) is 26.9 Å². The second kappa shape index (κ2) is 8.22. The molecule has 3 atom stereocenters. The van der Waals surface area contributed by atoms with Crippen molar-refractivity contribution >= 4 is 22.4 Å². The van der Waals surface area contributed by atoms with Crippen molar-refractivity contribution in [3.63, 3.8) is 0 Å². The lowest BCUT2D eigenvalue weighted by Gasteiger charge is -2.40. The fourth-order valence-corrected chi connectivity index (χ4v) is 5.92. The minimum absolute atomic E-state index is 0.100. The van der Waals surface area contributed by atoms with Crippen LogP contribution in [0.15, 0.2) is 12.4 Å². The topological polar surface area (TPSA) is 64.9 Å². The average Bonchev–Trinajstić information content (AvgIpc) is 3.36. The van der Waals surface area contributed by atoms with Gasteiger partial charge >= 0.3 is 0 Å². The lowest BCUT2D eigenvalue weighted by molar-refractivity contribution is 0.0175. The summed E-state index contributed by atoms with van der Waals surface area (Å²) in [5.74, 6) is 0. The Bertz CT molecular complexity index is 905. The molecular formula is C23H33N5O3. The van der Waals surface area contributed by atoms with E-state index in [2.05, 4.69) is 27.7 Å². The quantitative estimate of drug-likeness (QED) is 0.743. The van der Waals surface area contributed by atoms with E-state index in [-0.39, 0.29) is 6.23 Å². The van der Waals surface area contributed by atoms with E-state index < -0.39 is 0 Å². The third-order valence-electron chi connectivity index (χ3n) is 7.57. The van der Waals surface area contributed by atoms with Crippen molar-refractivity contribution in [1.29, 1.82) is 0 Å². The molecule has 4 aliphatic heterocycles. The van der Waals surface area contributed by atoms with E-state index in [0.717, 1.165) is 69.8 Å². The number of hydrogen-bond acceptors (Lipinski definition) is 7. The van der Waals surface area contributed by atoms with Gasteiger partial charge in [-0.3, -0.25) is 0 Å². The highest BCUT2D eigenvalue weighted by atomic mass is 16.5. The number of fused-ring (bicyclic) bond motifs is 3. The third-order valence-corrected chi connectivity index (χ3v) is 7.57. The number of aromatic nitrogens is 3. The summed E-state index contributed by atoms with van der Waals surface area (Å²) in [7, 11) is 2.18. The molecule has 4 saturated heterocycles. The number of morpholine rings is 1. The van der Waals surface area contributed by atoms with E-state index in [0.29, 0.717) is 18.1 Å². The van der Waals surface area contributed by atoms with Crippen LogP contribution in [0.4, 0.5) is 11.4 Å². The zero-order chi connectivity index (χ0) is 20.8. The molecule has 3 unspecified atom stereocenters. The van der Waals surface area contributed by atoms with Gasteiger partial charge in [0.15, 0.2) is 5.65 Å². The van der Waals surface area contributed by atoms with Crippen LogP contribution in [0.2, 0.25) is 0 Å².